The zero-order valence-electron chi connectivity index (χ0n) is 18.7. The summed E-state index contributed by atoms with van der Waals surface area (Å²) < 4.78 is 38.8. The summed E-state index contributed by atoms with van der Waals surface area (Å²) in [7, 11) is -4.04. The van der Waals surface area contributed by atoms with E-state index in [4.69, 9.17) is 9.47 Å². The third-order valence-electron chi connectivity index (χ3n) is 4.91. The Labute approximate surface area is 192 Å². The SMILES string of the molecule is Cc1cc(O)cc(Oc2ccc(CO)cc2S(=O)(=O)N2CCN(C(=O)OC(C)(C)O)CC2)c1. The van der Waals surface area contributed by atoms with Crippen LogP contribution < -0.4 is 4.74 Å². The molecule has 11 heteroatoms. The van der Waals surface area contributed by atoms with Crippen LogP contribution in [0.4, 0.5) is 4.79 Å². The van der Waals surface area contributed by atoms with Gasteiger partial charge in [-0.2, -0.15) is 4.31 Å². The van der Waals surface area contributed by atoms with Crippen molar-refractivity contribution in [2.75, 3.05) is 26.2 Å². The van der Waals surface area contributed by atoms with Crippen molar-refractivity contribution in [3.05, 3.63) is 47.5 Å². The molecule has 10 nitrogen and oxygen atoms in total. The van der Waals surface area contributed by atoms with Gasteiger partial charge in [0.15, 0.2) is 0 Å². The molecule has 2 aromatic rings. The highest BCUT2D eigenvalue weighted by Gasteiger charge is 2.34. The van der Waals surface area contributed by atoms with E-state index in [2.05, 4.69) is 0 Å². The number of piperazine rings is 1. The summed E-state index contributed by atoms with van der Waals surface area (Å²) in [5, 5.41) is 29.0. The minimum atomic E-state index is -4.04. The molecule has 1 aliphatic rings. The Balaban J connectivity index is 1.84. The van der Waals surface area contributed by atoms with E-state index in [1.807, 2.05) is 0 Å². The van der Waals surface area contributed by atoms with Gasteiger partial charge in [-0.15, -0.1) is 0 Å². The van der Waals surface area contributed by atoms with Gasteiger partial charge >= 0.3 is 6.09 Å². The molecule has 33 heavy (non-hydrogen) atoms. The lowest BCUT2D eigenvalue weighted by molar-refractivity contribution is -0.140. The number of aromatic hydroxyl groups is 1. The van der Waals surface area contributed by atoms with Crippen molar-refractivity contribution >= 4 is 16.1 Å². The highest BCUT2D eigenvalue weighted by molar-refractivity contribution is 7.89. The fraction of sp³-hybridized carbons (Fsp3) is 0.409. The van der Waals surface area contributed by atoms with Gasteiger partial charge in [-0.25, -0.2) is 13.2 Å². The summed E-state index contributed by atoms with van der Waals surface area (Å²) in [5.74, 6) is -1.35. The molecule has 0 aliphatic carbocycles. The third-order valence-corrected chi connectivity index (χ3v) is 6.83. The van der Waals surface area contributed by atoms with Crippen LogP contribution in [0.3, 0.4) is 0 Å². The molecule has 0 spiro atoms. The molecule has 0 radical (unpaired) electrons. The molecule has 0 atom stereocenters. The van der Waals surface area contributed by atoms with Crippen LogP contribution >= 0.6 is 0 Å². The second-order valence-corrected chi connectivity index (χ2v) is 10.2. The molecule has 0 bridgehead atoms. The molecule has 1 heterocycles. The lowest BCUT2D eigenvalue weighted by atomic mass is 10.2. The molecule has 3 rings (SSSR count). The van der Waals surface area contributed by atoms with Crippen molar-refractivity contribution in [2.45, 2.75) is 38.1 Å². The summed E-state index contributed by atoms with van der Waals surface area (Å²) in [5.41, 5.74) is 1.12. The van der Waals surface area contributed by atoms with Crippen LogP contribution in [0.25, 0.3) is 0 Å². The number of aliphatic hydroxyl groups is 2. The average molecular weight is 481 g/mol. The summed E-state index contributed by atoms with van der Waals surface area (Å²) in [6.07, 6.45) is -0.731. The Bertz CT molecular complexity index is 1100. The molecule has 0 unspecified atom stereocenters. The number of amides is 1. The number of rotatable bonds is 6. The van der Waals surface area contributed by atoms with E-state index in [1.165, 1.54) is 41.3 Å². The first-order chi connectivity index (χ1) is 15.4. The van der Waals surface area contributed by atoms with E-state index >= 15 is 0 Å². The number of phenolic OH excluding ortho intramolecular Hbond substituents is 1. The minimum absolute atomic E-state index is 0.0112. The molecule has 1 fully saturated rings. The van der Waals surface area contributed by atoms with Gasteiger partial charge in [0.05, 0.1) is 6.61 Å². The maximum atomic E-state index is 13.4. The van der Waals surface area contributed by atoms with Crippen molar-refractivity contribution in [1.29, 1.82) is 0 Å². The van der Waals surface area contributed by atoms with Gasteiger partial charge in [0.1, 0.15) is 22.1 Å². The quantitative estimate of drug-likeness (QED) is 0.535. The number of ether oxygens (including phenoxy) is 2. The van der Waals surface area contributed by atoms with Gasteiger partial charge in [-0.05, 0) is 42.3 Å². The molecular formula is C22H28N2O8S. The van der Waals surface area contributed by atoms with E-state index in [0.29, 0.717) is 5.56 Å². The van der Waals surface area contributed by atoms with Crippen LogP contribution in [0, 0.1) is 6.92 Å². The fourth-order valence-corrected chi connectivity index (χ4v) is 4.97. The number of sulfonamides is 1. The van der Waals surface area contributed by atoms with Gasteiger partial charge in [0, 0.05) is 46.1 Å². The molecular weight excluding hydrogens is 452 g/mol. The molecule has 0 aromatic heterocycles. The van der Waals surface area contributed by atoms with E-state index < -0.39 is 21.9 Å². The molecule has 2 aromatic carbocycles. The normalized spacial score (nSPS) is 15.4. The fourth-order valence-electron chi connectivity index (χ4n) is 3.38. The van der Waals surface area contributed by atoms with Gasteiger partial charge in [-0.1, -0.05) is 6.07 Å². The Morgan fingerprint density at radius 2 is 1.76 bits per heavy atom. The molecule has 1 aliphatic heterocycles. The van der Waals surface area contributed by atoms with Crippen LogP contribution in [0.15, 0.2) is 41.3 Å². The number of aliphatic hydroxyl groups excluding tert-OH is 1. The van der Waals surface area contributed by atoms with E-state index in [9.17, 15) is 28.5 Å². The Hall–Kier alpha value is -2.86. The summed E-state index contributed by atoms with van der Waals surface area (Å²) in [4.78, 5) is 13.3. The number of hydrogen-bond donors (Lipinski definition) is 3. The van der Waals surface area contributed by atoms with Crippen molar-refractivity contribution < 1.29 is 38.0 Å². The smallest absolute Gasteiger partial charge is 0.412 e. The summed E-state index contributed by atoms with van der Waals surface area (Å²) in [6.45, 7) is 4.25. The Morgan fingerprint density at radius 3 is 2.33 bits per heavy atom. The first-order valence-electron chi connectivity index (χ1n) is 10.3. The molecule has 0 saturated carbocycles. The highest BCUT2D eigenvalue weighted by Crippen LogP contribution is 2.34. The number of phenols is 1. The topological polar surface area (TPSA) is 137 Å². The Kier molecular flexibility index (Phi) is 7.17. The molecule has 1 amide bonds. The monoisotopic (exact) mass is 480 g/mol. The van der Waals surface area contributed by atoms with Crippen molar-refractivity contribution in [3.8, 4) is 17.2 Å². The van der Waals surface area contributed by atoms with Gasteiger partial charge in [0.25, 0.3) is 0 Å². The number of carbonyl (C=O) groups is 1. The maximum Gasteiger partial charge on any atom is 0.412 e. The van der Waals surface area contributed by atoms with E-state index in [1.54, 1.807) is 25.1 Å². The second kappa shape index (κ2) is 9.56. The van der Waals surface area contributed by atoms with E-state index in [-0.39, 0.29) is 54.9 Å². The molecule has 1 saturated heterocycles. The number of hydrogen-bond acceptors (Lipinski definition) is 8. The molecule has 180 valence electrons. The second-order valence-electron chi connectivity index (χ2n) is 8.25. The number of aryl methyl sites for hydroxylation is 1. The van der Waals surface area contributed by atoms with Crippen LogP contribution in [0.5, 0.6) is 17.2 Å². The van der Waals surface area contributed by atoms with Crippen LogP contribution in [-0.2, 0) is 21.4 Å². The van der Waals surface area contributed by atoms with Crippen molar-refractivity contribution in [1.82, 2.24) is 9.21 Å². The van der Waals surface area contributed by atoms with Gasteiger partial charge < -0.3 is 29.7 Å². The standard InChI is InChI=1S/C22H28N2O8S/c1-15-10-17(26)13-18(11-15)31-19-5-4-16(14-25)12-20(19)33(29,30)24-8-6-23(7-9-24)21(27)32-22(2,3)28/h4-5,10-13,25-26,28H,6-9,14H2,1-3H3. The lowest BCUT2D eigenvalue weighted by Crippen LogP contribution is -2.51. The predicted molar refractivity (Wildman–Crippen MR) is 118 cm³/mol. The summed E-state index contributed by atoms with van der Waals surface area (Å²) in [6, 6.07) is 8.92. The first kappa shape index (κ1) is 24.8. The lowest BCUT2D eigenvalue weighted by Gasteiger charge is -2.34. The number of nitrogens with zero attached hydrogens (tertiary/aromatic N) is 2. The zero-order valence-corrected chi connectivity index (χ0v) is 19.5. The van der Waals surface area contributed by atoms with Gasteiger partial charge in [0.2, 0.25) is 15.8 Å². The summed E-state index contributed by atoms with van der Waals surface area (Å²) >= 11 is 0. The van der Waals surface area contributed by atoms with Crippen LogP contribution in [-0.4, -0.2) is 71.0 Å². The maximum absolute atomic E-state index is 13.4. The van der Waals surface area contributed by atoms with Crippen LogP contribution in [0.2, 0.25) is 0 Å². The third kappa shape index (κ3) is 6.14. The van der Waals surface area contributed by atoms with Gasteiger partial charge in [-0.3, -0.25) is 0 Å². The zero-order chi connectivity index (χ0) is 24.4. The minimum Gasteiger partial charge on any atom is -0.508 e. The Morgan fingerprint density at radius 1 is 1.09 bits per heavy atom. The van der Waals surface area contributed by atoms with Crippen molar-refractivity contribution in [3.63, 3.8) is 0 Å². The molecule has 3 N–H and O–H groups in total. The number of carbonyl (C=O) groups excluding carboxylic acids is 1. The highest BCUT2D eigenvalue weighted by atomic mass is 32.2. The predicted octanol–water partition coefficient (Wildman–Crippen LogP) is 2.16. The van der Waals surface area contributed by atoms with E-state index in [0.717, 1.165) is 5.56 Å². The largest absolute Gasteiger partial charge is 0.508 e. The first-order valence-corrected chi connectivity index (χ1v) is 11.8. The van der Waals surface area contributed by atoms with Crippen molar-refractivity contribution in [2.24, 2.45) is 0 Å². The van der Waals surface area contributed by atoms with Crippen LogP contribution in [0.1, 0.15) is 25.0 Å². The average Bonchev–Trinajstić information content (AvgIpc) is 2.72. The number of benzene rings is 2.